The molecule has 1 saturated heterocycles. The van der Waals surface area contributed by atoms with E-state index in [1.165, 1.54) is 5.56 Å². The zero-order valence-electron chi connectivity index (χ0n) is 16.9. The van der Waals surface area contributed by atoms with E-state index in [1.807, 2.05) is 35.2 Å². The zero-order valence-corrected chi connectivity index (χ0v) is 16.9. The van der Waals surface area contributed by atoms with Crippen molar-refractivity contribution in [1.29, 1.82) is 5.26 Å². The molecule has 2 aromatic rings. The minimum Gasteiger partial charge on any atom is -0.497 e. The SMILES string of the molecule is COc1cccc(C(=O)N2CC3(CCN(CC#N)CC3)c3cc(OC)ccc32)c1. The van der Waals surface area contributed by atoms with Gasteiger partial charge in [-0.25, -0.2) is 0 Å². The van der Waals surface area contributed by atoms with Gasteiger partial charge in [0.15, 0.2) is 0 Å². The first-order chi connectivity index (χ1) is 14.1. The van der Waals surface area contributed by atoms with Crippen LogP contribution < -0.4 is 14.4 Å². The Hall–Kier alpha value is -3.04. The zero-order chi connectivity index (χ0) is 20.4. The average Bonchev–Trinajstić information content (AvgIpc) is 3.08. The number of hydrogen-bond acceptors (Lipinski definition) is 5. The molecule has 1 amide bonds. The number of rotatable bonds is 4. The molecule has 2 aromatic carbocycles. The first-order valence-electron chi connectivity index (χ1n) is 9.84. The summed E-state index contributed by atoms with van der Waals surface area (Å²) in [5.41, 5.74) is 2.63. The van der Waals surface area contributed by atoms with Crippen LogP contribution in [-0.2, 0) is 5.41 Å². The van der Waals surface area contributed by atoms with Gasteiger partial charge in [-0.15, -0.1) is 0 Å². The Kier molecular flexibility index (Phi) is 5.16. The minimum atomic E-state index is -0.107. The van der Waals surface area contributed by atoms with Crippen molar-refractivity contribution in [1.82, 2.24) is 4.90 Å². The number of carbonyl (C=O) groups is 1. The number of benzene rings is 2. The van der Waals surface area contributed by atoms with Crippen molar-refractivity contribution in [2.24, 2.45) is 0 Å². The maximum atomic E-state index is 13.4. The molecule has 2 heterocycles. The molecule has 150 valence electrons. The number of methoxy groups -OCH3 is 2. The summed E-state index contributed by atoms with van der Waals surface area (Å²) >= 11 is 0. The summed E-state index contributed by atoms with van der Waals surface area (Å²) in [6.45, 7) is 2.80. The van der Waals surface area contributed by atoms with Gasteiger partial charge >= 0.3 is 0 Å². The third-order valence-corrected chi connectivity index (χ3v) is 6.20. The van der Waals surface area contributed by atoms with E-state index in [0.717, 1.165) is 37.4 Å². The highest BCUT2D eigenvalue weighted by Gasteiger charge is 2.46. The highest BCUT2D eigenvalue weighted by Crippen LogP contribution is 2.48. The van der Waals surface area contributed by atoms with E-state index in [2.05, 4.69) is 17.0 Å². The van der Waals surface area contributed by atoms with Crippen molar-refractivity contribution >= 4 is 11.6 Å². The Morgan fingerprint density at radius 3 is 2.52 bits per heavy atom. The number of piperidine rings is 1. The second-order valence-corrected chi connectivity index (χ2v) is 7.72. The van der Waals surface area contributed by atoms with Crippen molar-refractivity contribution in [3.8, 4) is 17.6 Å². The second kappa shape index (κ2) is 7.76. The molecule has 0 atom stereocenters. The van der Waals surface area contributed by atoms with Gasteiger partial charge in [0, 0.05) is 36.3 Å². The van der Waals surface area contributed by atoms with Crippen LogP contribution in [0.4, 0.5) is 5.69 Å². The van der Waals surface area contributed by atoms with Crippen LogP contribution >= 0.6 is 0 Å². The number of ether oxygens (including phenoxy) is 2. The van der Waals surface area contributed by atoms with E-state index >= 15 is 0 Å². The Labute approximate surface area is 171 Å². The standard InChI is InChI=1S/C23H25N3O3/c1-28-18-5-3-4-17(14-18)22(27)26-16-23(8-11-25(12-9-23)13-10-24)20-15-19(29-2)6-7-21(20)26/h3-7,14-15H,8-9,11-13,16H2,1-2H3. The van der Waals surface area contributed by atoms with E-state index in [1.54, 1.807) is 20.3 Å². The van der Waals surface area contributed by atoms with E-state index < -0.39 is 0 Å². The molecular weight excluding hydrogens is 366 g/mol. The van der Waals surface area contributed by atoms with Crippen molar-refractivity contribution in [2.75, 3.05) is 45.3 Å². The Morgan fingerprint density at radius 1 is 1.10 bits per heavy atom. The first-order valence-corrected chi connectivity index (χ1v) is 9.84. The normalized spacial score (nSPS) is 17.6. The van der Waals surface area contributed by atoms with Gasteiger partial charge in [0.25, 0.3) is 5.91 Å². The molecule has 0 radical (unpaired) electrons. The van der Waals surface area contributed by atoms with Crippen molar-refractivity contribution < 1.29 is 14.3 Å². The lowest BCUT2D eigenvalue weighted by atomic mass is 9.74. The van der Waals surface area contributed by atoms with Gasteiger partial charge in [0.1, 0.15) is 11.5 Å². The lowest BCUT2D eigenvalue weighted by Gasteiger charge is -2.39. The summed E-state index contributed by atoms with van der Waals surface area (Å²) in [4.78, 5) is 17.5. The first kappa shape index (κ1) is 19.3. The lowest BCUT2D eigenvalue weighted by Crippen LogP contribution is -2.46. The van der Waals surface area contributed by atoms with Gasteiger partial charge in [0.2, 0.25) is 0 Å². The van der Waals surface area contributed by atoms with Crippen LogP contribution in [0.5, 0.6) is 11.5 Å². The number of carbonyl (C=O) groups excluding carboxylic acids is 1. The molecule has 0 bridgehead atoms. The average molecular weight is 391 g/mol. The topological polar surface area (TPSA) is 65.8 Å². The predicted molar refractivity (Wildman–Crippen MR) is 111 cm³/mol. The van der Waals surface area contributed by atoms with Crippen LogP contribution in [-0.4, -0.2) is 51.2 Å². The van der Waals surface area contributed by atoms with Gasteiger partial charge < -0.3 is 14.4 Å². The smallest absolute Gasteiger partial charge is 0.258 e. The maximum absolute atomic E-state index is 13.4. The monoisotopic (exact) mass is 391 g/mol. The fourth-order valence-electron chi connectivity index (χ4n) is 4.54. The van der Waals surface area contributed by atoms with Gasteiger partial charge in [-0.2, -0.15) is 5.26 Å². The molecule has 0 unspecified atom stereocenters. The second-order valence-electron chi connectivity index (χ2n) is 7.72. The molecule has 1 spiro atoms. The fraction of sp³-hybridized carbons (Fsp3) is 0.391. The summed E-state index contributed by atoms with van der Waals surface area (Å²) in [5, 5.41) is 9.01. The van der Waals surface area contributed by atoms with Crippen LogP contribution in [0.25, 0.3) is 0 Å². The Balaban J connectivity index is 1.69. The summed E-state index contributed by atoms with van der Waals surface area (Å²) in [6.07, 6.45) is 1.83. The van der Waals surface area contributed by atoms with Crippen LogP contribution in [0.3, 0.4) is 0 Å². The minimum absolute atomic E-state index is 0.0216. The van der Waals surface area contributed by atoms with Gasteiger partial charge in [0.05, 0.1) is 26.8 Å². The number of nitrogens with zero attached hydrogens (tertiary/aromatic N) is 3. The van der Waals surface area contributed by atoms with Crippen LogP contribution in [0.15, 0.2) is 42.5 Å². The van der Waals surface area contributed by atoms with Crippen LogP contribution in [0, 0.1) is 11.3 Å². The number of likely N-dealkylation sites (tertiary alicyclic amines) is 1. The molecule has 0 aliphatic carbocycles. The lowest BCUT2D eigenvalue weighted by molar-refractivity contribution is 0.0977. The van der Waals surface area contributed by atoms with Crippen molar-refractivity contribution in [3.05, 3.63) is 53.6 Å². The summed E-state index contributed by atoms with van der Waals surface area (Å²) in [6, 6.07) is 15.5. The molecule has 6 heteroatoms. The van der Waals surface area contributed by atoms with Crippen LogP contribution in [0.1, 0.15) is 28.8 Å². The maximum Gasteiger partial charge on any atom is 0.258 e. The molecule has 1 fully saturated rings. The van der Waals surface area contributed by atoms with E-state index in [-0.39, 0.29) is 11.3 Å². The van der Waals surface area contributed by atoms with E-state index in [0.29, 0.717) is 24.4 Å². The molecule has 2 aliphatic rings. The van der Waals surface area contributed by atoms with E-state index in [9.17, 15) is 4.79 Å². The molecule has 29 heavy (non-hydrogen) atoms. The quantitative estimate of drug-likeness (QED) is 0.749. The highest BCUT2D eigenvalue weighted by molar-refractivity contribution is 6.08. The third-order valence-electron chi connectivity index (χ3n) is 6.20. The Bertz CT molecular complexity index is 958. The summed E-state index contributed by atoms with van der Waals surface area (Å²) in [5.74, 6) is 1.45. The van der Waals surface area contributed by atoms with E-state index in [4.69, 9.17) is 14.7 Å². The molecule has 0 N–H and O–H groups in total. The van der Waals surface area contributed by atoms with Gasteiger partial charge in [-0.3, -0.25) is 9.69 Å². The largest absolute Gasteiger partial charge is 0.497 e. The Morgan fingerprint density at radius 2 is 1.83 bits per heavy atom. The van der Waals surface area contributed by atoms with Crippen molar-refractivity contribution in [2.45, 2.75) is 18.3 Å². The van der Waals surface area contributed by atoms with Crippen LogP contribution in [0.2, 0.25) is 0 Å². The number of amides is 1. The predicted octanol–water partition coefficient (Wildman–Crippen LogP) is 3.22. The summed E-state index contributed by atoms with van der Waals surface area (Å²) in [7, 11) is 3.27. The highest BCUT2D eigenvalue weighted by atomic mass is 16.5. The number of nitriles is 1. The molecule has 4 rings (SSSR count). The third kappa shape index (κ3) is 3.43. The fourth-order valence-corrected chi connectivity index (χ4v) is 4.54. The molecular formula is C23H25N3O3. The number of anilines is 1. The number of fused-ring (bicyclic) bond motifs is 2. The molecule has 0 saturated carbocycles. The molecule has 2 aliphatic heterocycles. The summed E-state index contributed by atoms with van der Waals surface area (Å²) < 4.78 is 10.8. The van der Waals surface area contributed by atoms with Crippen molar-refractivity contribution in [3.63, 3.8) is 0 Å². The molecule has 6 nitrogen and oxygen atoms in total. The number of hydrogen-bond donors (Lipinski definition) is 0. The van der Waals surface area contributed by atoms with Gasteiger partial charge in [-0.1, -0.05) is 6.07 Å². The van der Waals surface area contributed by atoms with Gasteiger partial charge in [-0.05, 0) is 54.8 Å². The molecule has 0 aromatic heterocycles.